The monoisotopic (exact) mass is 400 g/mol. The molecule has 8 nitrogen and oxygen atoms in total. The Morgan fingerprint density at radius 3 is 2.32 bits per heavy atom. The zero-order valence-electron chi connectivity index (χ0n) is 15.7. The Hall–Kier alpha value is -3.04. The SMILES string of the molecule is CCn1nc(C(=O)Nc2ccccc2S(=O)(=O)N(C)C)c2ccccc2c1=O. The number of carbonyl (C=O) groups excluding carboxylic acids is 1. The minimum Gasteiger partial charge on any atom is -0.319 e. The minimum absolute atomic E-state index is 0.0264. The molecular weight excluding hydrogens is 380 g/mol. The maximum Gasteiger partial charge on any atom is 0.276 e. The molecule has 146 valence electrons. The molecule has 0 atom stereocenters. The summed E-state index contributed by atoms with van der Waals surface area (Å²) in [7, 11) is -0.921. The Kier molecular flexibility index (Phi) is 5.30. The van der Waals surface area contributed by atoms with Crippen molar-refractivity contribution < 1.29 is 13.2 Å². The van der Waals surface area contributed by atoms with Gasteiger partial charge in [0.2, 0.25) is 10.0 Å². The van der Waals surface area contributed by atoms with Crippen LogP contribution in [0.1, 0.15) is 17.4 Å². The van der Waals surface area contributed by atoms with Crippen molar-refractivity contribution in [2.45, 2.75) is 18.4 Å². The van der Waals surface area contributed by atoms with Gasteiger partial charge in [-0.05, 0) is 25.1 Å². The fraction of sp³-hybridized carbons (Fsp3) is 0.211. The van der Waals surface area contributed by atoms with Gasteiger partial charge in [-0.2, -0.15) is 5.10 Å². The molecular formula is C19H20N4O4S. The number of aryl methyl sites for hydroxylation is 1. The lowest BCUT2D eigenvalue weighted by molar-refractivity contribution is 0.102. The number of aromatic nitrogens is 2. The van der Waals surface area contributed by atoms with Gasteiger partial charge in [-0.3, -0.25) is 9.59 Å². The molecule has 1 heterocycles. The van der Waals surface area contributed by atoms with Crippen molar-refractivity contribution in [2.75, 3.05) is 19.4 Å². The third-order valence-electron chi connectivity index (χ3n) is 4.28. The van der Waals surface area contributed by atoms with Crippen molar-refractivity contribution in [2.24, 2.45) is 0 Å². The molecule has 0 fully saturated rings. The number of anilines is 1. The van der Waals surface area contributed by atoms with Crippen LogP contribution in [-0.2, 0) is 16.6 Å². The Labute approximate surface area is 162 Å². The highest BCUT2D eigenvalue weighted by molar-refractivity contribution is 7.89. The first-order valence-corrected chi connectivity index (χ1v) is 10.0. The van der Waals surface area contributed by atoms with E-state index < -0.39 is 15.9 Å². The predicted octanol–water partition coefficient (Wildman–Crippen LogP) is 1.92. The lowest BCUT2D eigenvalue weighted by atomic mass is 10.1. The minimum atomic E-state index is -3.75. The summed E-state index contributed by atoms with van der Waals surface area (Å²) in [6.45, 7) is 2.05. The number of sulfonamides is 1. The highest BCUT2D eigenvalue weighted by Gasteiger charge is 2.23. The first kappa shape index (κ1) is 19.7. The van der Waals surface area contributed by atoms with Gasteiger partial charge in [0.05, 0.1) is 11.1 Å². The third-order valence-corrected chi connectivity index (χ3v) is 6.15. The number of para-hydroxylation sites is 1. The number of nitrogens with one attached hydrogen (secondary N) is 1. The van der Waals surface area contributed by atoms with E-state index in [-0.39, 0.29) is 21.8 Å². The van der Waals surface area contributed by atoms with Crippen LogP contribution in [0, 0.1) is 0 Å². The van der Waals surface area contributed by atoms with E-state index in [1.807, 2.05) is 0 Å². The van der Waals surface area contributed by atoms with E-state index in [1.165, 1.54) is 30.9 Å². The molecule has 1 N–H and O–H groups in total. The number of fused-ring (bicyclic) bond motifs is 1. The smallest absolute Gasteiger partial charge is 0.276 e. The summed E-state index contributed by atoms with van der Waals surface area (Å²) in [4.78, 5) is 25.4. The van der Waals surface area contributed by atoms with Gasteiger partial charge < -0.3 is 5.32 Å². The zero-order valence-corrected chi connectivity index (χ0v) is 16.5. The lowest BCUT2D eigenvalue weighted by Gasteiger charge is -2.16. The van der Waals surface area contributed by atoms with Crippen LogP contribution < -0.4 is 10.9 Å². The van der Waals surface area contributed by atoms with Gasteiger partial charge in [-0.1, -0.05) is 30.3 Å². The number of hydrogen-bond acceptors (Lipinski definition) is 5. The molecule has 0 radical (unpaired) electrons. The molecule has 0 saturated carbocycles. The second-order valence-corrected chi connectivity index (χ2v) is 8.37. The van der Waals surface area contributed by atoms with Crippen molar-refractivity contribution in [3.05, 3.63) is 64.6 Å². The Balaban J connectivity index is 2.12. The number of hydrogen-bond donors (Lipinski definition) is 1. The van der Waals surface area contributed by atoms with Crippen LogP contribution in [0.2, 0.25) is 0 Å². The Morgan fingerprint density at radius 1 is 1.07 bits per heavy atom. The van der Waals surface area contributed by atoms with Crippen molar-refractivity contribution >= 4 is 32.4 Å². The first-order valence-electron chi connectivity index (χ1n) is 8.60. The van der Waals surface area contributed by atoms with Crippen molar-refractivity contribution in [1.82, 2.24) is 14.1 Å². The fourth-order valence-corrected chi connectivity index (χ4v) is 3.83. The predicted molar refractivity (Wildman–Crippen MR) is 107 cm³/mol. The summed E-state index contributed by atoms with van der Waals surface area (Å²) >= 11 is 0. The summed E-state index contributed by atoms with van der Waals surface area (Å²) < 4.78 is 27.4. The molecule has 0 aliphatic heterocycles. The largest absolute Gasteiger partial charge is 0.319 e. The molecule has 0 spiro atoms. The average molecular weight is 400 g/mol. The van der Waals surface area contributed by atoms with E-state index in [9.17, 15) is 18.0 Å². The molecule has 0 unspecified atom stereocenters. The molecule has 0 saturated heterocycles. The number of benzene rings is 2. The molecule has 3 aromatic rings. The highest BCUT2D eigenvalue weighted by atomic mass is 32.2. The van der Waals surface area contributed by atoms with E-state index in [2.05, 4.69) is 10.4 Å². The molecule has 0 bridgehead atoms. The number of nitrogens with zero attached hydrogens (tertiary/aromatic N) is 3. The van der Waals surface area contributed by atoms with Gasteiger partial charge >= 0.3 is 0 Å². The van der Waals surface area contributed by atoms with Crippen LogP contribution >= 0.6 is 0 Å². The lowest BCUT2D eigenvalue weighted by Crippen LogP contribution is -2.28. The van der Waals surface area contributed by atoms with E-state index in [4.69, 9.17) is 0 Å². The van der Waals surface area contributed by atoms with Gasteiger partial charge in [0, 0.05) is 26.0 Å². The van der Waals surface area contributed by atoms with Gasteiger partial charge in [-0.15, -0.1) is 0 Å². The Morgan fingerprint density at radius 2 is 1.68 bits per heavy atom. The van der Waals surface area contributed by atoms with Crippen LogP contribution in [0.25, 0.3) is 10.8 Å². The van der Waals surface area contributed by atoms with Crippen LogP contribution in [0.4, 0.5) is 5.69 Å². The molecule has 0 aliphatic carbocycles. The summed E-state index contributed by atoms with van der Waals surface area (Å²) in [5.74, 6) is -0.597. The molecule has 0 aliphatic rings. The van der Waals surface area contributed by atoms with Crippen LogP contribution in [0.3, 0.4) is 0 Å². The van der Waals surface area contributed by atoms with Crippen molar-refractivity contribution in [3.63, 3.8) is 0 Å². The second kappa shape index (κ2) is 7.53. The van der Waals surface area contributed by atoms with Gasteiger partial charge in [-0.25, -0.2) is 17.4 Å². The first-order chi connectivity index (χ1) is 13.3. The van der Waals surface area contributed by atoms with E-state index in [0.717, 1.165) is 4.31 Å². The number of amides is 1. The standard InChI is InChI=1S/C19H20N4O4S/c1-4-23-19(25)14-10-6-5-9-13(14)17(21-23)18(24)20-15-11-7-8-12-16(15)28(26,27)22(2)3/h5-12H,4H2,1-3H3,(H,20,24). The zero-order chi connectivity index (χ0) is 20.5. The summed E-state index contributed by atoms with van der Waals surface area (Å²) in [5, 5.41) is 7.58. The summed E-state index contributed by atoms with van der Waals surface area (Å²) in [6, 6.07) is 12.8. The quantitative estimate of drug-likeness (QED) is 0.705. The molecule has 1 aromatic heterocycles. The maximum atomic E-state index is 13.0. The normalized spacial score (nSPS) is 11.7. The molecule has 9 heteroatoms. The highest BCUT2D eigenvalue weighted by Crippen LogP contribution is 2.24. The summed E-state index contributed by atoms with van der Waals surface area (Å²) in [6.07, 6.45) is 0. The third kappa shape index (κ3) is 3.41. The molecule has 1 amide bonds. The van der Waals surface area contributed by atoms with Crippen LogP contribution in [-0.4, -0.2) is 42.5 Å². The van der Waals surface area contributed by atoms with Crippen molar-refractivity contribution in [3.8, 4) is 0 Å². The van der Waals surface area contributed by atoms with E-state index in [0.29, 0.717) is 17.3 Å². The van der Waals surface area contributed by atoms with Gasteiger partial charge in [0.25, 0.3) is 11.5 Å². The maximum absolute atomic E-state index is 13.0. The molecule has 28 heavy (non-hydrogen) atoms. The van der Waals surface area contributed by atoms with Gasteiger partial charge in [0.15, 0.2) is 5.69 Å². The topological polar surface area (TPSA) is 101 Å². The van der Waals surface area contributed by atoms with Crippen molar-refractivity contribution in [1.29, 1.82) is 0 Å². The summed E-state index contributed by atoms with van der Waals surface area (Å²) in [5.41, 5.74) is -0.0966. The molecule has 3 rings (SSSR count). The average Bonchev–Trinajstić information content (AvgIpc) is 2.68. The van der Waals surface area contributed by atoms with E-state index in [1.54, 1.807) is 43.3 Å². The number of carbonyl (C=O) groups is 1. The number of rotatable bonds is 5. The fourth-order valence-electron chi connectivity index (χ4n) is 2.79. The van der Waals surface area contributed by atoms with E-state index >= 15 is 0 Å². The second-order valence-electron chi connectivity index (χ2n) is 6.25. The molecule has 2 aromatic carbocycles. The van der Waals surface area contributed by atoms with Gasteiger partial charge in [0.1, 0.15) is 4.90 Å². The Bertz CT molecular complexity index is 1220. The van der Waals surface area contributed by atoms with Crippen LogP contribution in [0.15, 0.2) is 58.2 Å². The van der Waals surface area contributed by atoms with Crippen LogP contribution in [0.5, 0.6) is 0 Å².